The van der Waals surface area contributed by atoms with Gasteiger partial charge in [-0.3, -0.25) is 0 Å². The van der Waals surface area contributed by atoms with E-state index >= 15 is 0 Å². The third kappa shape index (κ3) is 3.52. The maximum absolute atomic E-state index is 6.82. The Bertz CT molecular complexity index is 2440. The van der Waals surface area contributed by atoms with Crippen LogP contribution in [0, 0.1) is 0 Å². The summed E-state index contributed by atoms with van der Waals surface area (Å²) >= 11 is 6.82. The van der Waals surface area contributed by atoms with Crippen molar-refractivity contribution >= 4 is 28.7 Å². The highest BCUT2D eigenvalue weighted by atomic mass is 35.5. The molecule has 1 nitrogen and oxygen atoms in total. The van der Waals surface area contributed by atoms with Crippen molar-refractivity contribution in [2.45, 2.75) is 24.7 Å². The van der Waals surface area contributed by atoms with Crippen LogP contribution in [0.25, 0.3) is 33.4 Å². The van der Waals surface area contributed by atoms with Gasteiger partial charge in [0.15, 0.2) is 0 Å². The van der Waals surface area contributed by atoms with Gasteiger partial charge in [-0.1, -0.05) is 135 Å². The smallest absolute Gasteiger partial charge is 0.0726 e. The molecule has 0 aliphatic heterocycles. The monoisotopic (exact) mass is 633 g/mol. The minimum absolute atomic E-state index is 0.0928. The van der Waals surface area contributed by atoms with Crippen LogP contribution >= 0.6 is 11.6 Å². The second-order valence-electron chi connectivity index (χ2n) is 13.8. The van der Waals surface area contributed by atoms with E-state index in [1.165, 1.54) is 66.8 Å². The van der Waals surface area contributed by atoms with Gasteiger partial charge in [0, 0.05) is 27.5 Å². The van der Waals surface area contributed by atoms with Gasteiger partial charge in [0.2, 0.25) is 0 Å². The molecule has 228 valence electrons. The number of fused-ring (bicyclic) bond motifs is 13. The number of halogens is 1. The van der Waals surface area contributed by atoms with Crippen molar-refractivity contribution in [3.63, 3.8) is 0 Å². The van der Waals surface area contributed by atoms with E-state index in [1.807, 2.05) is 6.07 Å². The van der Waals surface area contributed by atoms with Crippen molar-refractivity contribution < 1.29 is 0 Å². The van der Waals surface area contributed by atoms with Crippen molar-refractivity contribution in [2.24, 2.45) is 0 Å². The molecule has 0 fully saturated rings. The van der Waals surface area contributed by atoms with Crippen molar-refractivity contribution in [1.29, 1.82) is 0 Å². The summed E-state index contributed by atoms with van der Waals surface area (Å²) in [5.41, 5.74) is 18.5. The fraction of sp³-hybridized carbons (Fsp3) is 0.0870. The molecule has 0 saturated carbocycles. The van der Waals surface area contributed by atoms with Crippen molar-refractivity contribution in [3.8, 4) is 33.4 Å². The number of hydrogen-bond acceptors (Lipinski definition) is 1. The highest BCUT2D eigenvalue weighted by molar-refractivity contribution is 6.30. The topological polar surface area (TPSA) is 3.24 Å². The van der Waals surface area contributed by atoms with E-state index in [-0.39, 0.29) is 5.41 Å². The second kappa shape index (κ2) is 9.83. The Morgan fingerprint density at radius 3 is 1.44 bits per heavy atom. The highest BCUT2D eigenvalue weighted by Crippen LogP contribution is 2.63. The van der Waals surface area contributed by atoms with Gasteiger partial charge in [0.25, 0.3) is 0 Å². The Morgan fingerprint density at radius 1 is 0.375 bits per heavy atom. The number of benzene rings is 7. The van der Waals surface area contributed by atoms with Gasteiger partial charge in [0.05, 0.1) is 5.41 Å². The molecule has 2 heteroatoms. The molecule has 0 bridgehead atoms. The molecule has 0 aromatic heterocycles. The van der Waals surface area contributed by atoms with Gasteiger partial charge < -0.3 is 4.90 Å². The van der Waals surface area contributed by atoms with Gasteiger partial charge in [-0.05, 0) is 115 Å². The fourth-order valence-corrected chi connectivity index (χ4v) is 9.27. The van der Waals surface area contributed by atoms with Crippen molar-refractivity contribution in [1.82, 2.24) is 0 Å². The zero-order valence-electron chi connectivity index (χ0n) is 26.8. The summed E-state index contributed by atoms with van der Waals surface area (Å²) in [4.78, 5) is 2.43. The first kappa shape index (κ1) is 27.7. The van der Waals surface area contributed by atoms with Crippen LogP contribution in [0.2, 0.25) is 5.02 Å². The van der Waals surface area contributed by atoms with Crippen LogP contribution in [0.15, 0.2) is 158 Å². The second-order valence-corrected chi connectivity index (χ2v) is 14.3. The van der Waals surface area contributed by atoms with E-state index in [1.54, 1.807) is 0 Å². The maximum atomic E-state index is 6.82. The minimum atomic E-state index is -0.470. The minimum Gasteiger partial charge on any atom is -0.310 e. The van der Waals surface area contributed by atoms with Crippen LogP contribution in [0.3, 0.4) is 0 Å². The molecule has 1 spiro atoms. The summed E-state index contributed by atoms with van der Waals surface area (Å²) in [6.07, 6.45) is 0. The molecule has 3 aliphatic carbocycles. The summed E-state index contributed by atoms with van der Waals surface area (Å²) in [5.74, 6) is 0. The van der Waals surface area contributed by atoms with E-state index in [2.05, 4.69) is 170 Å². The van der Waals surface area contributed by atoms with Crippen LogP contribution in [0.4, 0.5) is 17.1 Å². The molecule has 7 aromatic carbocycles. The van der Waals surface area contributed by atoms with Crippen LogP contribution in [0.5, 0.6) is 0 Å². The summed E-state index contributed by atoms with van der Waals surface area (Å²) in [6, 6.07) is 58.0. The molecular weight excluding hydrogens is 602 g/mol. The van der Waals surface area contributed by atoms with Gasteiger partial charge in [0.1, 0.15) is 0 Å². The lowest BCUT2D eigenvalue weighted by atomic mass is 9.70. The van der Waals surface area contributed by atoms with Crippen molar-refractivity contribution in [2.75, 3.05) is 4.90 Å². The predicted octanol–water partition coefficient (Wildman–Crippen LogP) is 12.5. The number of anilines is 3. The average molecular weight is 634 g/mol. The molecule has 0 N–H and O–H groups in total. The zero-order chi connectivity index (χ0) is 32.2. The maximum Gasteiger partial charge on any atom is 0.0726 e. The standard InChI is InChI=1S/C46H32ClN/c1-45(2)39-17-9-6-14-33(39)36-24-21-31(27-42(36)45)48(30-12-4-3-5-13-30)32-22-25-38-35-16-8-11-19-41(35)46(44(38)28-32)40-18-10-7-15-34(40)37-23-20-29(47)26-43(37)46/h3-28H,1-2H3. The predicted molar refractivity (Wildman–Crippen MR) is 200 cm³/mol. The molecule has 1 unspecified atom stereocenters. The number of para-hydroxylation sites is 1. The Hall–Kier alpha value is -5.37. The lowest BCUT2D eigenvalue weighted by molar-refractivity contribution is 0.660. The Labute approximate surface area is 286 Å². The summed E-state index contributed by atoms with van der Waals surface area (Å²) in [5, 5.41) is 0.760. The normalized spacial score (nSPS) is 16.9. The number of nitrogens with zero attached hydrogens (tertiary/aromatic N) is 1. The van der Waals surface area contributed by atoms with Gasteiger partial charge in [-0.15, -0.1) is 0 Å². The quantitative estimate of drug-likeness (QED) is 0.187. The molecular formula is C46H32ClN. The van der Waals surface area contributed by atoms with E-state index in [0.29, 0.717) is 0 Å². The summed E-state index contributed by atoms with van der Waals surface area (Å²) in [6.45, 7) is 4.70. The summed E-state index contributed by atoms with van der Waals surface area (Å²) < 4.78 is 0. The number of rotatable bonds is 3. The Balaban J connectivity index is 1.24. The summed E-state index contributed by atoms with van der Waals surface area (Å²) in [7, 11) is 0. The molecule has 3 aliphatic rings. The first-order valence-corrected chi connectivity index (χ1v) is 17.1. The number of hydrogen-bond donors (Lipinski definition) is 0. The Morgan fingerprint density at radius 2 is 0.812 bits per heavy atom. The molecule has 0 saturated heterocycles. The zero-order valence-corrected chi connectivity index (χ0v) is 27.6. The van der Waals surface area contributed by atoms with Crippen LogP contribution in [0.1, 0.15) is 47.2 Å². The first-order chi connectivity index (χ1) is 23.5. The lowest BCUT2D eigenvalue weighted by Crippen LogP contribution is -2.26. The van der Waals surface area contributed by atoms with Crippen LogP contribution in [-0.4, -0.2) is 0 Å². The largest absolute Gasteiger partial charge is 0.310 e. The van der Waals surface area contributed by atoms with Gasteiger partial charge in [-0.2, -0.15) is 0 Å². The van der Waals surface area contributed by atoms with Crippen LogP contribution < -0.4 is 4.90 Å². The fourth-order valence-electron chi connectivity index (χ4n) is 9.09. The first-order valence-electron chi connectivity index (χ1n) is 16.7. The lowest BCUT2D eigenvalue weighted by Gasteiger charge is -2.32. The van der Waals surface area contributed by atoms with Crippen LogP contribution in [-0.2, 0) is 10.8 Å². The molecule has 0 radical (unpaired) electrons. The van der Waals surface area contributed by atoms with Gasteiger partial charge >= 0.3 is 0 Å². The molecule has 48 heavy (non-hydrogen) atoms. The van der Waals surface area contributed by atoms with E-state index in [0.717, 1.165) is 22.1 Å². The Kier molecular flexibility index (Phi) is 5.67. The highest BCUT2D eigenvalue weighted by Gasteiger charge is 2.52. The SMILES string of the molecule is CC1(C)c2ccccc2-c2ccc(N(c3ccccc3)c3ccc4c(c3)C3(c5ccccc5-c5ccc(Cl)cc53)c3ccccc3-4)cc21. The average Bonchev–Trinajstić information content (AvgIpc) is 3.67. The molecule has 0 heterocycles. The molecule has 0 amide bonds. The molecule has 7 aromatic rings. The molecule has 10 rings (SSSR count). The van der Waals surface area contributed by atoms with E-state index in [9.17, 15) is 0 Å². The third-order valence-electron chi connectivity index (χ3n) is 11.1. The van der Waals surface area contributed by atoms with E-state index < -0.39 is 5.41 Å². The molecule has 1 atom stereocenters. The van der Waals surface area contributed by atoms with E-state index in [4.69, 9.17) is 11.6 Å². The third-order valence-corrected chi connectivity index (χ3v) is 11.4. The van der Waals surface area contributed by atoms with Gasteiger partial charge in [-0.25, -0.2) is 0 Å². The van der Waals surface area contributed by atoms with Crippen molar-refractivity contribution in [3.05, 3.63) is 196 Å².